The number of hydrogen-bond donors (Lipinski definition) is 1. The lowest BCUT2D eigenvalue weighted by molar-refractivity contribution is 0.309. The third-order valence-electron chi connectivity index (χ3n) is 5.37. The number of likely N-dealkylation sites (N-methyl/N-ethyl adjacent to an activating group) is 1. The molecule has 1 aliphatic rings. The molecule has 0 saturated carbocycles. The van der Waals surface area contributed by atoms with Gasteiger partial charge in [-0.2, -0.15) is 4.31 Å². The molecule has 0 bridgehead atoms. The van der Waals surface area contributed by atoms with Crippen LogP contribution in [0, 0.1) is 0 Å². The second kappa shape index (κ2) is 7.77. The number of benzene rings is 2. The maximum absolute atomic E-state index is 13.5. The molecule has 0 amide bonds. The maximum Gasteiger partial charge on any atom is 0.252 e. The molecule has 1 N–H and O–H groups in total. The average molecular weight is 428 g/mol. The van der Waals surface area contributed by atoms with Crippen molar-refractivity contribution in [3.8, 4) is 5.75 Å². The third kappa shape index (κ3) is 3.68. The summed E-state index contributed by atoms with van der Waals surface area (Å²) in [4.78, 5) is 17.6. The summed E-state index contributed by atoms with van der Waals surface area (Å²) in [7, 11) is -1.89. The van der Waals surface area contributed by atoms with Crippen LogP contribution in [0.4, 0.5) is 5.69 Å². The zero-order valence-corrected chi connectivity index (χ0v) is 18.1. The number of sulfonamides is 1. The molecule has 1 aliphatic heterocycles. The van der Waals surface area contributed by atoms with Crippen molar-refractivity contribution in [2.75, 3.05) is 25.1 Å². The van der Waals surface area contributed by atoms with Crippen LogP contribution < -0.4 is 15.2 Å². The lowest BCUT2D eigenvalue weighted by atomic mass is 10.1. The predicted molar refractivity (Wildman–Crippen MR) is 118 cm³/mol. The Morgan fingerprint density at radius 1 is 1.17 bits per heavy atom. The average Bonchev–Trinajstić information content (AvgIpc) is 2.71. The van der Waals surface area contributed by atoms with Crippen LogP contribution in [0.1, 0.15) is 19.4 Å². The fourth-order valence-corrected chi connectivity index (χ4v) is 5.29. The van der Waals surface area contributed by atoms with E-state index >= 15 is 0 Å². The number of hydrogen-bond acceptors (Lipinski definition) is 5. The molecule has 30 heavy (non-hydrogen) atoms. The Morgan fingerprint density at radius 2 is 1.93 bits per heavy atom. The topological polar surface area (TPSA) is 82.7 Å². The Balaban J connectivity index is 1.72. The van der Waals surface area contributed by atoms with E-state index in [-0.39, 0.29) is 23.0 Å². The minimum atomic E-state index is -3.84. The first-order chi connectivity index (χ1) is 14.3. The molecule has 2 heterocycles. The summed E-state index contributed by atoms with van der Waals surface area (Å²) in [6, 6.07) is 13.8. The standard InChI is InChI=1S/C22H25N3O4S/c1-15(2)25(14-17-12-16-6-4-5-7-19(16)23-22(17)26)30(27,28)18-8-9-20-21(13-18)29-11-10-24(20)3/h4-9,12-13,15H,10-11,14H2,1-3H3,(H,23,26). The molecule has 0 saturated heterocycles. The van der Waals surface area contributed by atoms with E-state index in [9.17, 15) is 13.2 Å². The van der Waals surface area contributed by atoms with Crippen LogP contribution in [0.25, 0.3) is 10.9 Å². The fourth-order valence-electron chi connectivity index (χ4n) is 3.66. The monoisotopic (exact) mass is 427 g/mol. The highest BCUT2D eigenvalue weighted by Crippen LogP contribution is 2.34. The number of aromatic amines is 1. The van der Waals surface area contributed by atoms with Gasteiger partial charge >= 0.3 is 0 Å². The molecule has 0 spiro atoms. The van der Waals surface area contributed by atoms with E-state index in [1.165, 1.54) is 4.31 Å². The maximum atomic E-state index is 13.5. The van der Waals surface area contributed by atoms with Gasteiger partial charge < -0.3 is 14.6 Å². The second-order valence-electron chi connectivity index (χ2n) is 7.75. The van der Waals surface area contributed by atoms with Crippen LogP contribution in [0.3, 0.4) is 0 Å². The molecule has 3 aromatic rings. The van der Waals surface area contributed by atoms with Crippen molar-refractivity contribution in [3.05, 3.63) is 64.4 Å². The van der Waals surface area contributed by atoms with Gasteiger partial charge in [-0.25, -0.2) is 8.42 Å². The third-order valence-corrected chi connectivity index (χ3v) is 7.38. The largest absolute Gasteiger partial charge is 0.490 e. The van der Waals surface area contributed by atoms with Crippen molar-refractivity contribution in [2.45, 2.75) is 31.3 Å². The van der Waals surface area contributed by atoms with Gasteiger partial charge in [0.15, 0.2) is 0 Å². The summed E-state index contributed by atoms with van der Waals surface area (Å²) in [5.41, 5.74) is 1.70. The van der Waals surface area contributed by atoms with Crippen molar-refractivity contribution in [3.63, 3.8) is 0 Å². The Bertz CT molecular complexity index is 1250. The van der Waals surface area contributed by atoms with E-state index in [1.54, 1.807) is 38.1 Å². The van der Waals surface area contributed by atoms with Gasteiger partial charge in [0.25, 0.3) is 5.56 Å². The van der Waals surface area contributed by atoms with Crippen molar-refractivity contribution in [1.29, 1.82) is 0 Å². The molecule has 2 aromatic carbocycles. The highest BCUT2D eigenvalue weighted by Gasteiger charge is 2.29. The summed E-state index contributed by atoms with van der Waals surface area (Å²) in [5.74, 6) is 0.553. The number of rotatable bonds is 5. The van der Waals surface area contributed by atoms with Gasteiger partial charge in [0.05, 0.1) is 17.1 Å². The summed E-state index contributed by atoms with van der Waals surface area (Å²) in [6.07, 6.45) is 0. The molecule has 158 valence electrons. The number of ether oxygens (including phenoxy) is 1. The lowest BCUT2D eigenvalue weighted by Gasteiger charge is -2.29. The SMILES string of the molecule is CC(C)N(Cc1cc2ccccc2[nH]c1=O)S(=O)(=O)c1ccc2c(c1)OCCN2C. The molecular formula is C22H25N3O4S. The molecule has 0 fully saturated rings. The van der Waals surface area contributed by atoms with Crippen molar-refractivity contribution in [2.24, 2.45) is 0 Å². The Labute approximate surface area is 175 Å². The molecule has 1 aromatic heterocycles. The molecule has 0 radical (unpaired) electrons. The Morgan fingerprint density at radius 3 is 2.70 bits per heavy atom. The molecule has 4 rings (SSSR count). The van der Waals surface area contributed by atoms with Gasteiger partial charge in [0.1, 0.15) is 12.4 Å². The number of nitrogens with one attached hydrogen (secondary N) is 1. The fraction of sp³-hybridized carbons (Fsp3) is 0.318. The zero-order chi connectivity index (χ0) is 21.5. The van der Waals surface area contributed by atoms with E-state index in [0.717, 1.165) is 23.1 Å². The van der Waals surface area contributed by atoms with Gasteiger partial charge in [-0.1, -0.05) is 18.2 Å². The summed E-state index contributed by atoms with van der Waals surface area (Å²) in [6.45, 7) is 4.85. The molecule has 8 heteroatoms. The van der Waals surface area contributed by atoms with Crippen molar-refractivity contribution < 1.29 is 13.2 Å². The van der Waals surface area contributed by atoms with Gasteiger partial charge in [0.2, 0.25) is 10.0 Å². The van der Waals surface area contributed by atoms with Crippen molar-refractivity contribution >= 4 is 26.6 Å². The van der Waals surface area contributed by atoms with Gasteiger partial charge in [0, 0.05) is 36.8 Å². The van der Waals surface area contributed by atoms with Gasteiger partial charge in [-0.05, 0) is 43.5 Å². The molecule has 0 aliphatic carbocycles. The minimum absolute atomic E-state index is 0.0159. The zero-order valence-electron chi connectivity index (χ0n) is 17.3. The van der Waals surface area contributed by atoms with E-state index < -0.39 is 10.0 Å². The highest BCUT2D eigenvalue weighted by atomic mass is 32.2. The minimum Gasteiger partial charge on any atom is -0.490 e. The van der Waals surface area contributed by atoms with Crippen LogP contribution in [-0.2, 0) is 16.6 Å². The Hall–Kier alpha value is -2.84. The number of para-hydroxylation sites is 1. The summed E-state index contributed by atoms with van der Waals surface area (Å²) >= 11 is 0. The van der Waals surface area contributed by atoms with E-state index in [0.29, 0.717) is 17.9 Å². The number of H-pyrrole nitrogens is 1. The summed E-state index contributed by atoms with van der Waals surface area (Å²) in [5, 5.41) is 0.860. The first-order valence-corrected chi connectivity index (χ1v) is 11.3. The number of fused-ring (bicyclic) bond motifs is 2. The highest BCUT2D eigenvalue weighted by molar-refractivity contribution is 7.89. The number of anilines is 1. The number of pyridine rings is 1. The number of aromatic nitrogens is 1. The summed E-state index contributed by atoms with van der Waals surface area (Å²) < 4.78 is 34.0. The van der Waals surface area contributed by atoms with Crippen LogP contribution in [0.5, 0.6) is 5.75 Å². The van der Waals surface area contributed by atoms with Crippen LogP contribution >= 0.6 is 0 Å². The van der Waals surface area contributed by atoms with E-state index in [2.05, 4.69) is 4.98 Å². The van der Waals surface area contributed by atoms with E-state index in [1.807, 2.05) is 36.2 Å². The van der Waals surface area contributed by atoms with Crippen molar-refractivity contribution in [1.82, 2.24) is 9.29 Å². The van der Waals surface area contributed by atoms with E-state index in [4.69, 9.17) is 4.74 Å². The quantitative estimate of drug-likeness (QED) is 0.677. The van der Waals surface area contributed by atoms with Crippen LogP contribution in [0.2, 0.25) is 0 Å². The molecular weight excluding hydrogens is 402 g/mol. The lowest BCUT2D eigenvalue weighted by Crippen LogP contribution is -2.38. The molecule has 0 atom stereocenters. The first-order valence-electron chi connectivity index (χ1n) is 9.88. The van der Waals surface area contributed by atoms with Gasteiger partial charge in [-0.15, -0.1) is 0 Å². The smallest absolute Gasteiger partial charge is 0.252 e. The number of nitrogens with zero attached hydrogens (tertiary/aromatic N) is 2. The second-order valence-corrected chi connectivity index (χ2v) is 9.65. The predicted octanol–water partition coefficient (Wildman–Crippen LogP) is 2.96. The first kappa shape index (κ1) is 20.4. The Kier molecular flexibility index (Phi) is 5.29. The van der Waals surface area contributed by atoms with Crippen LogP contribution in [-0.4, -0.2) is 43.9 Å². The molecule has 0 unspecified atom stereocenters. The van der Waals surface area contributed by atoms with Gasteiger partial charge in [-0.3, -0.25) is 4.79 Å². The molecule has 7 nitrogen and oxygen atoms in total. The normalized spacial score (nSPS) is 14.2. The van der Waals surface area contributed by atoms with Crippen LogP contribution in [0.15, 0.2) is 58.2 Å².